The van der Waals surface area contributed by atoms with Crippen molar-refractivity contribution >= 4 is 21.6 Å². The van der Waals surface area contributed by atoms with Crippen molar-refractivity contribution in [2.75, 3.05) is 18.9 Å². The molecule has 30 heavy (non-hydrogen) atoms. The summed E-state index contributed by atoms with van der Waals surface area (Å²) in [4.78, 5) is 14.8. The summed E-state index contributed by atoms with van der Waals surface area (Å²) < 4.78 is 33.9. The minimum atomic E-state index is -3.93. The van der Waals surface area contributed by atoms with Gasteiger partial charge in [-0.1, -0.05) is 43.4 Å². The monoisotopic (exact) mass is 430 g/mol. The molecular weight excluding hydrogens is 400 g/mol. The lowest BCUT2D eigenvalue weighted by Crippen LogP contribution is -2.36. The second kappa shape index (κ2) is 9.51. The zero-order valence-electron chi connectivity index (χ0n) is 17.8. The molecule has 0 atom stereocenters. The van der Waals surface area contributed by atoms with Gasteiger partial charge in [0.05, 0.1) is 7.11 Å². The van der Waals surface area contributed by atoms with Crippen molar-refractivity contribution in [2.45, 2.75) is 56.4 Å². The number of sulfonamides is 1. The number of nitrogens with zero attached hydrogens (tertiary/aromatic N) is 1. The van der Waals surface area contributed by atoms with Crippen LogP contribution in [0.3, 0.4) is 0 Å². The highest BCUT2D eigenvalue weighted by molar-refractivity contribution is 7.92. The maximum atomic E-state index is 13.1. The van der Waals surface area contributed by atoms with Crippen LogP contribution < -0.4 is 9.46 Å². The molecule has 1 saturated carbocycles. The molecule has 1 aliphatic carbocycles. The van der Waals surface area contributed by atoms with Crippen LogP contribution in [0.2, 0.25) is 0 Å². The zero-order valence-corrected chi connectivity index (χ0v) is 18.7. The molecule has 2 aromatic rings. The van der Waals surface area contributed by atoms with E-state index in [1.807, 2.05) is 19.1 Å². The van der Waals surface area contributed by atoms with E-state index < -0.39 is 10.0 Å². The van der Waals surface area contributed by atoms with Crippen LogP contribution in [-0.4, -0.2) is 39.4 Å². The van der Waals surface area contributed by atoms with Crippen molar-refractivity contribution in [1.29, 1.82) is 0 Å². The molecule has 0 radical (unpaired) electrons. The lowest BCUT2D eigenvalue weighted by molar-refractivity contribution is 0.0717. The van der Waals surface area contributed by atoms with Gasteiger partial charge in [0.2, 0.25) is 0 Å². The number of amides is 1. The average Bonchev–Trinajstić information content (AvgIpc) is 3.03. The van der Waals surface area contributed by atoms with Crippen LogP contribution in [0.25, 0.3) is 0 Å². The summed E-state index contributed by atoms with van der Waals surface area (Å²) in [7, 11) is -0.704. The van der Waals surface area contributed by atoms with Crippen LogP contribution in [0, 0.1) is 6.92 Å². The minimum absolute atomic E-state index is 0.0503. The molecule has 0 aliphatic heterocycles. The molecule has 0 bridgehead atoms. The Morgan fingerprint density at radius 2 is 1.67 bits per heavy atom. The third-order valence-corrected chi connectivity index (χ3v) is 7.10. The van der Waals surface area contributed by atoms with Crippen molar-refractivity contribution in [3.8, 4) is 5.75 Å². The number of carbonyl (C=O) groups excluding carboxylic acids is 1. The molecule has 0 spiro atoms. The number of aryl methyl sites for hydroxylation is 1. The van der Waals surface area contributed by atoms with Gasteiger partial charge in [0.15, 0.2) is 0 Å². The smallest absolute Gasteiger partial charge is 0.265 e. The normalized spacial score (nSPS) is 15.3. The van der Waals surface area contributed by atoms with Gasteiger partial charge < -0.3 is 9.64 Å². The van der Waals surface area contributed by atoms with Gasteiger partial charge in [-0.25, -0.2) is 8.42 Å². The summed E-state index contributed by atoms with van der Waals surface area (Å²) in [6.07, 6.45) is 6.61. The summed E-state index contributed by atoms with van der Waals surface area (Å²) in [5, 5.41) is 0. The number of methoxy groups -OCH3 is 1. The lowest BCUT2D eigenvalue weighted by Gasteiger charge is -2.27. The number of rotatable bonds is 6. The van der Waals surface area contributed by atoms with E-state index in [0.717, 1.165) is 31.2 Å². The number of anilines is 1. The van der Waals surface area contributed by atoms with Crippen molar-refractivity contribution in [2.24, 2.45) is 0 Å². The van der Waals surface area contributed by atoms with E-state index in [1.165, 1.54) is 32.1 Å². The molecule has 6 nitrogen and oxygen atoms in total. The van der Waals surface area contributed by atoms with Crippen LogP contribution >= 0.6 is 0 Å². The number of nitrogens with one attached hydrogen (secondary N) is 1. The predicted octanol–water partition coefficient (Wildman–Crippen LogP) is 4.60. The molecule has 7 heteroatoms. The summed E-state index contributed by atoms with van der Waals surface area (Å²) in [6, 6.07) is 11.8. The summed E-state index contributed by atoms with van der Waals surface area (Å²) >= 11 is 0. The van der Waals surface area contributed by atoms with Crippen LogP contribution in [0.15, 0.2) is 47.4 Å². The molecular formula is C23H30N2O4S. The molecule has 0 unspecified atom stereocenters. The Hall–Kier alpha value is -2.54. The van der Waals surface area contributed by atoms with E-state index in [4.69, 9.17) is 4.74 Å². The first-order chi connectivity index (χ1) is 14.3. The average molecular weight is 431 g/mol. The topological polar surface area (TPSA) is 75.7 Å². The number of carbonyl (C=O) groups is 1. The summed E-state index contributed by atoms with van der Waals surface area (Å²) in [6.45, 7) is 1.93. The lowest BCUT2D eigenvalue weighted by atomic mass is 10.1. The van der Waals surface area contributed by atoms with Gasteiger partial charge in [0.1, 0.15) is 10.6 Å². The molecule has 0 heterocycles. The Balaban J connectivity index is 1.88. The molecule has 1 aliphatic rings. The van der Waals surface area contributed by atoms with Gasteiger partial charge in [-0.2, -0.15) is 0 Å². The van der Waals surface area contributed by atoms with Gasteiger partial charge in [-0.3, -0.25) is 9.52 Å². The van der Waals surface area contributed by atoms with Crippen LogP contribution in [0.4, 0.5) is 5.69 Å². The van der Waals surface area contributed by atoms with Crippen LogP contribution in [0.5, 0.6) is 5.75 Å². The molecule has 162 valence electrons. The SMILES string of the molecule is COc1ccc(C(=O)N(C)C2CCCCCC2)cc1S(=O)(=O)Nc1ccc(C)cc1. The summed E-state index contributed by atoms with van der Waals surface area (Å²) in [5.41, 5.74) is 1.83. The number of ether oxygens (including phenoxy) is 1. The fourth-order valence-corrected chi connectivity index (χ4v) is 5.12. The predicted molar refractivity (Wildman–Crippen MR) is 119 cm³/mol. The first-order valence-electron chi connectivity index (χ1n) is 10.4. The first kappa shape index (κ1) is 22.2. The van der Waals surface area contributed by atoms with Gasteiger partial charge in [-0.05, 0) is 50.1 Å². The Bertz CT molecular complexity index is 979. The van der Waals surface area contributed by atoms with Gasteiger partial charge in [0, 0.05) is 24.3 Å². The van der Waals surface area contributed by atoms with E-state index in [0.29, 0.717) is 11.3 Å². The second-order valence-electron chi connectivity index (χ2n) is 7.90. The van der Waals surface area contributed by atoms with E-state index in [9.17, 15) is 13.2 Å². The van der Waals surface area contributed by atoms with E-state index in [-0.39, 0.29) is 22.6 Å². The van der Waals surface area contributed by atoms with Gasteiger partial charge in [0.25, 0.3) is 15.9 Å². The Morgan fingerprint density at radius 3 is 2.27 bits per heavy atom. The van der Waals surface area contributed by atoms with Gasteiger partial charge >= 0.3 is 0 Å². The second-order valence-corrected chi connectivity index (χ2v) is 9.55. The third kappa shape index (κ3) is 5.14. The minimum Gasteiger partial charge on any atom is -0.495 e. The standard InChI is InChI=1S/C23H30N2O4S/c1-17-10-13-19(14-11-17)24-30(27,28)22-16-18(12-15-21(22)29-3)23(26)25(2)20-8-6-4-5-7-9-20/h10-16,20,24H,4-9H2,1-3H3. The quantitative estimate of drug-likeness (QED) is 0.680. The summed E-state index contributed by atoms with van der Waals surface area (Å²) in [5.74, 6) is 0.0274. The van der Waals surface area contributed by atoms with Crippen molar-refractivity contribution in [3.63, 3.8) is 0 Å². The molecule has 1 fully saturated rings. The van der Waals surface area contributed by atoms with E-state index in [2.05, 4.69) is 4.72 Å². The molecule has 1 N–H and O–H groups in total. The van der Waals surface area contributed by atoms with E-state index >= 15 is 0 Å². The number of hydrogen-bond donors (Lipinski definition) is 1. The Kier molecular flexibility index (Phi) is 7.02. The molecule has 0 saturated heterocycles. The molecule has 0 aromatic heterocycles. The highest BCUT2D eigenvalue weighted by atomic mass is 32.2. The van der Waals surface area contributed by atoms with Crippen LogP contribution in [0.1, 0.15) is 54.4 Å². The zero-order chi connectivity index (χ0) is 21.7. The number of benzene rings is 2. The fraction of sp³-hybridized carbons (Fsp3) is 0.435. The molecule has 3 rings (SSSR count). The Morgan fingerprint density at radius 1 is 1.03 bits per heavy atom. The fourth-order valence-electron chi connectivity index (χ4n) is 3.87. The maximum absolute atomic E-state index is 13.1. The first-order valence-corrected chi connectivity index (χ1v) is 11.8. The van der Waals surface area contributed by atoms with Crippen molar-refractivity contribution in [3.05, 3.63) is 53.6 Å². The molecule has 2 aromatic carbocycles. The highest BCUT2D eigenvalue weighted by Crippen LogP contribution is 2.29. The van der Waals surface area contributed by atoms with Gasteiger partial charge in [-0.15, -0.1) is 0 Å². The third-order valence-electron chi connectivity index (χ3n) is 5.70. The van der Waals surface area contributed by atoms with Crippen molar-refractivity contribution in [1.82, 2.24) is 4.90 Å². The highest BCUT2D eigenvalue weighted by Gasteiger charge is 2.26. The maximum Gasteiger partial charge on any atom is 0.265 e. The largest absolute Gasteiger partial charge is 0.495 e. The van der Waals surface area contributed by atoms with Crippen molar-refractivity contribution < 1.29 is 17.9 Å². The van der Waals surface area contributed by atoms with E-state index in [1.54, 1.807) is 30.1 Å². The number of hydrogen-bond acceptors (Lipinski definition) is 4. The Labute approximate surface area is 179 Å². The van der Waals surface area contributed by atoms with Crippen LogP contribution in [-0.2, 0) is 10.0 Å². The molecule has 1 amide bonds.